The number of aliphatic carboxylic acids is 1. The van der Waals surface area contributed by atoms with E-state index in [1.54, 1.807) is 6.92 Å². The average molecular weight is 332 g/mol. The highest BCUT2D eigenvalue weighted by Gasteiger charge is 2.43. The summed E-state index contributed by atoms with van der Waals surface area (Å²) in [6.07, 6.45) is 3.44. The quantitative estimate of drug-likeness (QED) is 0.795. The fourth-order valence-corrected chi connectivity index (χ4v) is 2.73. The molecule has 1 aromatic carbocycles. The van der Waals surface area contributed by atoms with Gasteiger partial charge in [0.1, 0.15) is 11.6 Å². The number of halogens is 1. The van der Waals surface area contributed by atoms with Crippen molar-refractivity contribution in [3.63, 3.8) is 0 Å². The van der Waals surface area contributed by atoms with Gasteiger partial charge < -0.3 is 19.5 Å². The number of rotatable bonds is 5. The monoisotopic (exact) mass is 332 g/mol. The molecule has 7 nitrogen and oxygen atoms in total. The van der Waals surface area contributed by atoms with Crippen molar-refractivity contribution in [3.05, 3.63) is 42.1 Å². The van der Waals surface area contributed by atoms with E-state index in [2.05, 4.69) is 9.97 Å². The molecule has 2 N–H and O–H groups in total. The van der Waals surface area contributed by atoms with Crippen LogP contribution in [0.1, 0.15) is 25.0 Å². The fourth-order valence-electron chi connectivity index (χ4n) is 2.73. The van der Waals surface area contributed by atoms with E-state index in [-0.39, 0.29) is 29.1 Å². The summed E-state index contributed by atoms with van der Waals surface area (Å²) in [6, 6.07) is 2.52. The van der Waals surface area contributed by atoms with E-state index in [9.17, 15) is 19.3 Å². The Hall–Kier alpha value is -2.52. The maximum atomic E-state index is 14.5. The molecule has 0 radical (unpaired) electrons. The van der Waals surface area contributed by atoms with Gasteiger partial charge in [0.15, 0.2) is 0 Å². The van der Waals surface area contributed by atoms with Gasteiger partial charge in [-0.25, -0.2) is 9.37 Å². The lowest BCUT2D eigenvalue weighted by atomic mass is 9.78. The Morgan fingerprint density at radius 2 is 2.29 bits per heavy atom. The second-order valence-electron chi connectivity index (χ2n) is 5.32. The van der Waals surface area contributed by atoms with E-state index in [0.717, 1.165) is 6.07 Å². The molecule has 3 rings (SSSR count). The second kappa shape index (κ2) is 6.54. The molecular weight excluding hydrogens is 318 g/mol. The molecule has 2 heterocycles. The Balaban J connectivity index is 1.96. The molecule has 0 saturated carbocycles. The van der Waals surface area contributed by atoms with E-state index in [4.69, 9.17) is 9.39 Å². The first kappa shape index (κ1) is 16.3. The van der Waals surface area contributed by atoms with Crippen LogP contribution in [0.5, 0.6) is 11.6 Å². The van der Waals surface area contributed by atoms with Gasteiger partial charge in [-0.3, -0.25) is 9.78 Å². The third-order valence-corrected chi connectivity index (χ3v) is 3.85. The number of carboxylic acid groups (broad SMARTS) is 1. The summed E-state index contributed by atoms with van der Waals surface area (Å²) in [6.45, 7) is 1.66. The molecule has 2 atom stereocenters. The first-order valence-electron chi connectivity index (χ1n) is 7.34. The molecule has 0 spiro atoms. The van der Waals surface area contributed by atoms with Crippen molar-refractivity contribution in [3.8, 4) is 11.6 Å². The third-order valence-electron chi connectivity index (χ3n) is 3.85. The van der Waals surface area contributed by atoms with E-state index in [1.807, 2.05) is 0 Å². The van der Waals surface area contributed by atoms with Crippen LogP contribution in [0.15, 0.2) is 30.7 Å². The summed E-state index contributed by atoms with van der Waals surface area (Å²) in [5.41, 5.74) is 0.196. The number of hydrogen-bond acceptors (Lipinski definition) is 6. The van der Waals surface area contributed by atoms with Crippen molar-refractivity contribution in [1.82, 2.24) is 9.97 Å². The molecule has 1 aliphatic heterocycles. The van der Waals surface area contributed by atoms with Gasteiger partial charge >= 0.3 is 13.1 Å². The molecule has 1 aromatic heterocycles. The maximum Gasteiger partial charge on any atom is 0.492 e. The van der Waals surface area contributed by atoms with Crippen LogP contribution in [0.4, 0.5) is 4.39 Å². The van der Waals surface area contributed by atoms with Crippen LogP contribution < -0.4 is 10.2 Å². The van der Waals surface area contributed by atoms with E-state index < -0.39 is 30.9 Å². The minimum atomic E-state index is -1.42. The lowest BCUT2D eigenvalue weighted by molar-refractivity contribution is -0.145. The first-order valence-corrected chi connectivity index (χ1v) is 7.34. The van der Waals surface area contributed by atoms with Crippen LogP contribution in [0.3, 0.4) is 0 Å². The number of carboxylic acids is 1. The van der Waals surface area contributed by atoms with Crippen molar-refractivity contribution in [2.75, 3.05) is 0 Å². The Morgan fingerprint density at radius 1 is 1.50 bits per heavy atom. The van der Waals surface area contributed by atoms with Crippen LogP contribution in [0, 0.1) is 11.7 Å². The van der Waals surface area contributed by atoms with Crippen molar-refractivity contribution in [2.24, 2.45) is 5.92 Å². The topological polar surface area (TPSA) is 102 Å². The zero-order valence-electron chi connectivity index (χ0n) is 12.7. The van der Waals surface area contributed by atoms with Crippen molar-refractivity contribution in [2.45, 2.75) is 19.4 Å². The number of benzene rings is 1. The minimum Gasteiger partial charge on any atom is -0.481 e. The summed E-state index contributed by atoms with van der Waals surface area (Å²) in [5.74, 6) is -2.49. The lowest BCUT2D eigenvalue weighted by Gasteiger charge is -2.19. The van der Waals surface area contributed by atoms with Gasteiger partial charge in [-0.1, -0.05) is 6.92 Å². The SMILES string of the molecule is CCC(C(=O)O)C1OB(O)c2cc(Oc3cnccn3)cc(F)c21. The summed E-state index contributed by atoms with van der Waals surface area (Å²) in [7, 11) is -1.42. The van der Waals surface area contributed by atoms with Gasteiger partial charge in [0, 0.05) is 24.0 Å². The van der Waals surface area contributed by atoms with Gasteiger partial charge in [0.05, 0.1) is 18.2 Å². The van der Waals surface area contributed by atoms with E-state index >= 15 is 0 Å². The van der Waals surface area contributed by atoms with Crippen molar-refractivity contribution >= 4 is 18.6 Å². The largest absolute Gasteiger partial charge is 0.492 e. The van der Waals surface area contributed by atoms with Gasteiger partial charge in [-0.05, 0) is 17.9 Å². The number of ether oxygens (including phenoxy) is 1. The summed E-state index contributed by atoms with van der Waals surface area (Å²) in [5, 5.41) is 19.3. The molecule has 0 bridgehead atoms. The number of fused-ring (bicyclic) bond motifs is 1. The van der Waals surface area contributed by atoms with Gasteiger partial charge in [-0.2, -0.15) is 0 Å². The second-order valence-corrected chi connectivity index (χ2v) is 5.32. The lowest BCUT2D eigenvalue weighted by Crippen LogP contribution is -2.28. The molecule has 124 valence electrons. The number of aromatic nitrogens is 2. The highest BCUT2D eigenvalue weighted by molar-refractivity contribution is 6.61. The molecular formula is C15H14BFN2O5. The Bertz CT molecular complexity index is 761. The normalized spacial score (nSPS) is 17.5. The van der Waals surface area contributed by atoms with E-state index in [1.165, 1.54) is 24.7 Å². The first-order chi connectivity index (χ1) is 11.5. The Labute approximate surface area is 137 Å². The van der Waals surface area contributed by atoms with Crippen LogP contribution in [0.2, 0.25) is 0 Å². The maximum absolute atomic E-state index is 14.5. The predicted molar refractivity (Wildman–Crippen MR) is 81.4 cm³/mol. The van der Waals surface area contributed by atoms with E-state index in [0.29, 0.717) is 0 Å². The molecule has 0 saturated heterocycles. The molecule has 2 unspecified atom stereocenters. The van der Waals surface area contributed by atoms with Crippen LogP contribution >= 0.6 is 0 Å². The van der Waals surface area contributed by atoms with Crippen molar-refractivity contribution in [1.29, 1.82) is 0 Å². The zero-order chi connectivity index (χ0) is 17.3. The fraction of sp³-hybridized carbons (Fsp3) is 0.267. The highest BCUT2D eigenvalue weighted by Crippen LogP contribution is 2.36. The molecule has 0 amide bonds. The Kier molecular flexibility index (Phi) is 4.45. The number of hydrogen-bond donors (Lipinski definition) is 2. The van der Waals surface area contributed by atoms with Crippen LogP contribution in [-0.4, -0.2) is 33.2 Å². The molecule has 2 aromatic rings. The summed E-state index contributed by atoms with van der Waals surface area (Å²) in [4.78, 5) is 19.1. The third kappa shape index (κ3) is 2.95. The van der Waals surface area contributed by atoms with Crippen LogP contribution in [-0.2, 0) is 9.45 Å². The van der Waals surface area contributed by atoms with Gasteiger partial charge in [-0.15, -0.1) is 0 Å². The van der Waals surface area contributed by atoms with Crippen molar-refractivity contribution < 1.29 is 28.7 Å². The smallest absolute Gasteiger partial charge is 0.481 e. The number of nitrogens with zero attached hydrogens (tertiary/aromatic N) is 2. The standard InChI is InChI=1S/C15H14BFN2O5/c1-2-9(15(20)21)14-13-10(16(22)24-14)5-8(6-11(13)17)23-12-7-18-3-4-19-12/h3-7,9,14,22H,2H2,1H3,(H,20,21). The Morgan fingerprint density at radius 3 is 2.92 bits per heavy atom. The number of carbonyl (C=O) groups is 1. The molecule has 24 heavy (non-hydrogen) atoms. The molecule has 0 aliphatic carbocycles. The average Bonchev–Trinajstić information content (AvgIpc) is 2.86. The van der Waals surface area contributed by atoms with Gasteiger partial charge in [0.2, 0.25) is 5.88 Å². The molecule has 9 heteroatoms. The van der Waals surface area contributed by atoms with Crippen LogP contribution in [0.25, 0.3) is 0 Å². The van der Waals surface area contributed by atoms with Gasteiger partial charge in [0.25, 0.3) is 0 Å². The molecule has 0 fully saturated rings. The summed E-state index contributed by atoms with van der Waals surface area (Å²) < 4.78 is 25.2. The predicted octanol–water partition coefficient (Wildman–Crippen LogP) is 1.28. The summed E-state index contributed by atoms with van der Waals surface area (Å²) >= 11 is 0. The highest BCUT2D eigenvalue weighted by atomic mass is 19.1. The minimum absolute atomic E-state index is 0.0447. The zero-order valence-corrected chi connectivity index (χ0v) is 12.7. The molecule has 1 aliphatic rings.